The standard InChI is InChI=1S/C13H15N3/c1-9-4-6-11(7-5-9)12-10(2)8-15-13(14-3)16-12/h4-8H,1-3H3,(H,14,15,16). The van der Waals surface area contributed by atoms with Crippen LogP contribution in [0.2, 0.25) is 0 Å². The first-order valence-electron chi connectivity index (χ1n) is 5.29. The molecule has 0 bridgehead atoms. The van der Waals surface area contributed by atoms with Gasteiger partial charge in [-0.15, -0.1) is 0 Å². The van der Waals surface area contributed by atoms with E-state index in [0.717, 1.165) is 16.8 Å². The Balaban J connectivity index is 2.50. The number of benzene rings is 1. The van der Waals surface area contributed by atoms with Crippen molar-refractivity contribution in [1.29, 1.82) is 0 Å². The summed E-state index contributed by atoms with van der Waals surface area (Å²) >= 11 is 0. The number of hydrogen-bond donors (Lipinski definition) is 1. The molecule has 0 fully saturated rings. The molecule has 2 aromatic rings. The van der Waals surface area contributed by atoms with Crippen LogP contribution in [-0.4, -0.2) is 17.0 Å². The molecule has 16 heavy (non-hydrogen) atoms. The molecule has 3 heteroatoms. The Kier molecular flexibility index (Phi) is 2.86. The van der Waals surface area contributed by atoms with E-state index in [1.54, 1.807) is 0 Å². The summed E-state index contributed by atoms with van der Waals surface area (Å²) in [5.74, 6) is 0.654. The molecule has 1 heterocycles. The van der Waals surface area contributed by atoms with Crippen molar-refractivity contribution in [3.05, 3.63) is 41.6 Å². The molecule has 0 spiro atoms. The van der Waals surface area contributed by atoms with Crippen LogP contribution in [-0.2, 0) is 0 Å². The maximum Gasteiger partial charge on any atom is 0.222 e. The lowest BCUT2D eigenvalue weighted by Gasteiger charge is -2.07. The molecule has 0 saturated carbocycles. The molecule has 0 amide bonds. The molecule has 0 radical (unpaired) electrons. The molecular formula is C13H15N3. The van der Waals surface area contributed by atoms with Crippen LogP contribution in [0.25, 0.3) is 11.3 Å². The normalized spacial score (nSPS) is 10.2. The van der Waals surface area contributed by atoms with Gasteiger partial charge in [0.25, 0.3) is 0 Å². The minimum atomic E-state index is 0.654. The van der Waals surface area contributed by atoms with Crippen molar-refractivity contribution in [2.75, 3.05) is 12.4 Å². The monoisotopic (exact) mass is 213 g/mol. The van der Waals surface area contributed by atoms with Crippen LogP contribution in [0.4, 0.5) is 5.95 Å². The lowest BCUT2D eigenvalue weighted by atomic mass is 10.1. The third-order valence-corrected chi connectivity index (χ3v) is 2.52. The molecule has 1 aromatic heterocycles. The Bertz CT molecular complexity index is 489. The van der Waals surface area contributed by atoms with Crippen LogP contribution >= 0.6 is 0 Å². The number of rotatable bonds is 2. The molecule has 0 aliphatic heterocycles. The maximum absolute atomic E-state index is 4.47. The summed E-state index contributed by atoms with van der Waals surface area (Å²) in [5.41, 5.74) is 4.45. The number of aromatic nitrogens is 2. The van der Waals surface area contributed by atoms with Gasteiger partial charge >= 0.3 is 0 Å². The van der Waals surface area contributed by atoms with E-state index in [0.29, 0.717) is 5.95 Å². The number of anilines is 1. The Morgan fingerprint density at radius 3 is 2.38 bits per heavy atom. The second-order valence-corrected chi connectivity index (χ2v) is 3.84. The number of hydrogen-bond acceptors (Lipinski definition) is 3. The van der Waals surface area contributed by atoms with Crippen molar-refractivity contribution in [3.8, 4) is 11.3 Å². The molecule has 2 rings (SSSR count). The second kappa shape index (κ2) is 4.31. The van der Waals surface area contributed by atoms with Crippen molar-refractivity contribution in [2.45, 2.75) is 13.8 Å². The lowest BCUT2D eigenvalue weighted by Crippen LogP contribution is -1.99. The summed E-state index contributed by atoms with van der Waals surface area (Å²) in [6.45, 7) is 4.10. The predicted octanol–water partition coefficient (Wildman–Crippen LogP) is 2.80. The Hall–Kier alpha value is -1.90. The molecule has 1 aromatic carbocycles. The summed E-state index contributed by atoms with van der Waals surface area (Å²) in [5, 5.41) is 2.95. The average molecular weight is 213 g/mol. The highest BCUT2D eigenvalue weighted by Gasteiger charge is 2.05. The molecule has 82 valence electrons. The third-order valence-electron chi connectivity index (χ3n) is 2.52. The van der Waals surface area contributed by atoms with Gasteiger partial charge in [0.1, 0.15) is 0 Å². The van der Waals surface area contributed by atoms with Gasteiger partial charge in [-0.3, -0.25) is 0 Å². The fourth-order valence-corrected chi connectivity index (χ4v) is 1.57. The highest BCUT2D eigenvalue weighted by molar-refractivity contribution is 5.63. The predicted molar refractivity (Wildman–Crippen MR) is 66.5 cm³/mol. The summed E-state index contributed by atoms with van der Waals surface area (Å²) in [7, 11) is 1.82. The van der Waals surface area contributed by atoms with Crippen molar-refractivity contribution in [3.63, 3.8) is 0 Å². The van der Waals surface area contributed by atoms with Gasteiger partial charge in [-0.05, 0) is 19.4 Å². The first-order valence-corrected chi connectivity index (χ1v) is 5.29. The van der Waals surface area contributed by atoms with Crippen LogP contribution in [0, 0.1) is 13.8 Å². The number of nitrogens with one attached hydrogen (secondary N) is 1. The van der Waals surface area contributed by atoms with Crippen LogP contribution in [0.15, 0.2) is 30.5 Å². The quantitative estimate of drug-likeness (QED) is 0.833. The maximum atomic E-state index is 4.47. The third kappa shape index (κ3) is 2.03. The van der Waals surface area contributed by atoms with Crippen LogP contribution < -0.4 is 5.32 Å². The summed E-state index contributed by atoms with van der Waals surface area (Å²) < 4.78 is 0. The zero-order valence-electron chi connectivity index (χ0n) is 9.78. The summed E-state index contributed by atoms with van der Waals surface area (Å²) in [6.07, 6.45) is 1.84. The first kappa shape index (κ1) is 10.6. The zero-order chi connectivity index (χ0) is 11.5. The Morgan fingerprint density at radius 1 is 1.06 bits per heavy atom. The zero-order valence-corrected chi connectivity index (χ0v) is 9.78. The smallest absolute Gasteiger partial charge is 0.222 e. The van der Waals surface area contributed by atoms with Crippen LogP contribution in [0.5, 0.6) is 0 Å². The van der Waals surface area contributed by atoms with E-state index in [-0.39, 0.29) is 0 Å². The van der Waals surface area contributed by atoms with Gasteiger partial charge in [-0.1, -0.05) is 29.8 Å². The van der Waals surface area contributed by atoms with Gasteiger partial charge in [0.2, 0.25) is 5.95 Å². The van der Waals surface area contributed by atoms with Gasteiger partial charge in [0, 0.05) is 18.8 Å². The van der Waals surface area contributed by atoms with Crippen molar-refractivity contribution < 1.29 is 0 Å². The minimum Gasteiger partial charge on any atom is -0.357 e. The van der Waals surface area contributed by atoms with Gasteiger partial charge < -0.3 is 5.32 Å². The van der Waals surface area contributed by atoms with Gasteiger partial charge in [0.15, 0.2) is 0 Å². The Morgan fingerprint density at radius 2 is 1.75 bits per heavy atom. The van der Waals surface area contributed by atoms with E-state index >= 15 is 0 Å². The van der Waals surface area contributed by atoms with E-state index in [2.05, 4.69) is 46.5 Å². The van der Waals surface area contributed by atoms with Crippen molar-refractivity contribution in [1.82, 2.24) is 9.97 Å². The van der Waals surface area contributed by atoms with Crippen LogP contribution in [0.1, 0.15) is 11.1 Å². The average Bonchev–Trinajstić information content (AvgIpc) is 2.31. The van der Waals surface area contributed by atoms with Crippen molar-refractivity contribution in [2.24, 2.45) is 0 Å². The van der Waals surface area contributed by atoms with E-state index in [4.69, 9.17) is 0 Å². The van der Waals surface area contributed by atoms with Crippen LogP contribution in [0.3, 0.4) is 0 Å². The molecule has 0 saturated heterocycles. The molecule has 3 nitrogen and oxygen atoms in total. The minimum absolute atomic E-state index is 0.654. The molecule has 1 N–H and O–H groups in total. The molecule has 0 atom stereocenters. The van der Waals surface area contributed by atoms with Gasteiger partial charge in [-0.25, -0.2) is 9.97 Å². The van der Waals surface area contributed by atoms with Crippen molar-refractivity contribution >= 4 is 5.95 Å². The number of nitrogens with zero attached hydrogens (tertiary/aromatic N) is 2. The summed E-state index contributed by atoms with van der Waals surface area (Å²) in [4.78, 5) is 8.65. The second-order valence-electron chi connectivity index (χ2n) is 3.84. The molecule has 0 aliphatic carbocycles. The largest absolute Gasteiger partial charge is 0.357 e. The Labute approximate surface area is 95.6 Å². The van der Waals surface area contributed by atoms with E-state index in [9.17, 15) is 0 Å². The van der Waals surface area contributed by atoms with Gasteiger partial charge in [0.05, 0.1) is 5.69 Å². The number of aryl methyl sites for hydroxylation is 2. The molecule has 0 aliphatic rings. The van der Waals surface area contributed by atoms with E-state index < -0.39 is 0 Å². The lowest BCUT2D eigenvalue weighted by molar-refractivity contribution is 1.12. The SMILES string of the molecule is CNc1ncc(C)c(-c2ccc(C)cc2)n1. The first-order chi connectivity index (χ1) is 7.70. The topological polar surface area (TPSA) is 37.8 Å². The summed E-state index contributed by atoms with van der Waals surface area (Å²) in [6, 6.07) is 8.36. The van der Waals surface area contributed by atoms with Gasteiger partial charge in [-0.2, -0.15) is 0 Å². The van der Waals surface area contributed by atoms with E-state index in [1.807, 2.05) is 20.2 Å². The molecular weight excluding hydrogens is 198 g/mol. The molecule has 0 unspecified atom stereocenters. The fourth-order valence-electron chi connectivity index (χ4n) is 1.57. The fraction of sp³-hybridized carbons (Fsp3) is 0.231. The van der Waals surface area contributed by atoms with E-state index in [1.165, 1.54) is 5.56 Å². The highest BCUT2D eigenvalue weighted by atomic mass is 15.1. The highest BCUT2D eigenvalue weighted by Crippen LogP contribution is 2.21.